The molecule has 2 aliphatic rings. The third kappa shape index (κ3) is 6.11. The number of aromatic nitrogens is 8. The maximum atomic E-state index is 13.0. The summed E-state index contributed by atoms with van der Waals surface area (Å²) in [5, 5.41) is -1.56. The number of rotatable bonds is 4. The first-order valence-corrected chi connectivity index (χ1v) is 21.1. The number of fused-ring (bicyclic) bond motifs is 20. The van der Waals surface area contributed by atoms with Crippen molar-refractivity contribution in [2.24, 2.45) is 0 Å². The van der Waals surface area contributed by atoms with Crippen molar-refractivity contribution in [3.63, 3.8) is 0 Å². The normalized spacial score (nSPS) is 13.0. The van der Waals surface area contributed by atoms with E-state index in [0.717, 1.165) is 0 Å². The summed E-state index contributed by atoms with van der Waals surface area (Å²) in [7, 11) is -26.0. The Morgan fingerprint density at radius 1 is 0.368 bits per heavy atom. The van der Waals surface area contributed by atoms with E-state index < -0.39 is 82.1 Å². The van der Waals surface area contributed by atoms with E-state index in [-0.39, 0.29) is 65.8 Å². The van der Waals surface area contributed by atoms with Gasteiger partial charge in [0, 0.05) is 43.8 Å². The fraction of sp³-hybridized carbons (Fsp3) is 0. The average molecular weight is 1020 g/mol. The van der Waals surface area contributed by atoms with Crippen molar-refractivity contribution in [3.05, 3.63) is 72.8 Å². The first-order chi connectivity index (χ1) is 26.3. The van der Waals surface area contributed by atoms with Crippen LogP contribution in [-0.4, -0.2) is 91.8 Å². The maximum absolute atomic E-state index is 13.0. The van der Waals surface area contributed by atoms with Crippen molar-refractivity contribution < 1.29 is 72.0 Å². The molecule has 7 aromatic rings. The standard InChI is InChI=1S/C32H18N8O12S4.Ir/c41-53(42,43)21-19-20(22(54(44,45)46)24(56(50,51)52)23(21)55(47,48)49)32-39-30-18-12-6-4-10-16(18)28(37-30)35-26-14-8-2-1-7-13(14)25(33-26)34-27-15-9-3-5-11-17(15)29(36-27)38-31(19)40-32;/h1-12H,(H,41,42,43)(H,44,45,46)(H,47,48,49)(H,50,51,52)(H2,33,34,35,36,37,38,39,40);/q;+4/p-4. The Labute approximate surface area is 332 Å². The van der Waals surface area contributed by atoms with E-state index in [1.807, 2.05) is 0 Å². The Bertz CT molecular complexity index is 3380. The smallest absolute Gasteiger partial charge is 0.744 e. The second kappa shape index (κ2) is 12.8. The third-order valence-corrected chi connectivity index (χ3v) is 12.8. The molecule has 0 fully saturated rings. The van der Waals surface area contributed by atoms with Gasteiger partial charge in [-0.2, -0.15) is 0 Å². The predicted molar refractivity (Wildman–Crippen MR) is 188 cm³/mol. The van der Waals surface area contributed by atoms with Crippen LogP contribution >= 0.6 is 0 Å². The predicted octanol–water partition coefficient (Wildman–Crippen LogP) is 2.48. The molecule has 0 unspecified atom stereocenters. The van der Waals surface area contributed by atoms with Gasteiger partial charge in [-0.25, -0.2) is 63.6 Å². The van der Waals surface area contributed by atoms with Crippen LogP contribution in [0.4, 0.5) is 0 Å². The van der Waals surface area contributed by atoms with Gasteiger partial charge in [-0.05, 0) is 0 Å². The van der Waals surface area contributed by atoms with Crippen LogP contribution < -0.4 is 0 Å². The van der Waals surface area contributed by atoms with Gasteiger partial charge in [0.05, 0.1) is 19.6 Å². The van der Waals surface area contributed by atoms with E-state index in [1.165, 1.54) is 12.1 Å². The Morgan fingerprint density at radius 2 is 0.632 bits per heavy atom. The second-order valence-electron chi connectivity index (χ2n) is 12.1. The molecular formula is C32H14IrN8O12S4. The molecule has 20 nitrogen and oxygen atoms in total. The van der Waals surface area contributed by atoms with E-state index in [2.05, 4.69) is 29.9 Å². The Kier molecular flexibility index (Phi) is 8.60. The molecule has 0 spiro atoms. The van der Waals surface area contributed by atoms with Crippen LogP contribution in [0.15, 0.2) is 92.4 Å². The molecule has 1 radical (unpaired) electrons. The molecule has 3 aromatic heterocycles. The minimum absolute atomic E-state index is 0. The minimum atomic E-state index is -6.60. The molecule has 0 saturated heterocycles. The van der Waals surface area contributed by atoms with Gasteiger partial charge in [-0.15, -0.1) is 0 Å². The fourth-order valence-electron chi connectivity index (χ4n) is 6.72. The summed E-state index contributed by atoms with van der Waals surface area (Å²) in [6.45, 7) is 0. The van der Waals surface area contributed by atoms with Crippen molar-refractivity contribution >= 4 is 84.6 Å². The zero-order valence-corrected chi connectivity index (χ0v) is 33.1. The maximum Gasteiger partial charge on any atom is 4.00 e. The van der Waals surface area contributed by atoms with Gasteiger partial charge in [0.2, 0.25) is 0 Å². The van der Waals surface area contributed by atoms with Gasteiger partial charge < -0.3 is 28.2 Å². The summed E-state index contributed by atoms with van der Waals surface area (Å²) in [5.41, 5.74) is -0.283. The van der Waals surface area contributed by atoms with Gasteiger partial charge in [0.1, 0.15) is 63.1 Å². The number of benzene rings is 4. The first kappa shape index (κ1) is 38.4. The molecule has 57 heavy (non-hydrogen) atoms. The monoisotopic (exact) mass is 1020 g/mol. The summed E-state index contributed by atoms with van der Waals surface area (Å²) >= 11 is 0. The van der Waals surface area contributed by atoms with Gasteiger partial charge in [-0.1, -0.05) is 72.8 Å². The van der Waals surface area contributed by atoms with E-state index in [0.29, 0.717) is 21.9 Å². The van der Waals surface area contributed by atoms with Crippen LogP contribution in [0.25, 0.3) is 89.7 Å². The Balaban J connectivity index is 0.00000455. The van der Waals surface area contributed by atoms with Gasteiger partial charge >= 0.3 is 20.1 Å². The fourth-order valence-corrected chi connectivity index (χ4v) is 11.6. The first-order valence-electron chi connectivity index (χ1n) is 15.5. The number of aromatic amines is 2. The van der Waals surface area contributed by atoms with Crippen molar-refractivity contribution in [1.29, 1.82) is 0 Å². The molecule has 25 heteroatoms. The number of H-pyrrole nitrogens is 2. The van der Waals surface area contributed by atoms with Crippen molar-refractivity contribution in [2.45, 2.75) is 19.6 Å². The molecular weight excluding hydrogens is 1010 g/mol. The van der Waals surface area contributed by atoms with E-state index >= 15 is 0 Å². The van der Waals surface area contributed by atoms with Crippen LogP contribution in [-0.2, 0) is 60.6 Å². The van der Waals surface area contributed by atoms with Gasteiger partial charge in [0.15, 0.2) is 23.3 Å². The molecule has 9 rings (SSSR count). The summed E-state index contributed by atoms with van der Waals surface area (Å²) in [5.74, 6) is -0.637. The second-order valence-corrected chi connectivity index (χ2v) is 17.4. The molecule has 287 valence electrons. The van der Waals surface area contributed by atoms with E-state index in [4.69, 9.17) is 9.97 Å². The minimum Gasteiger partial charge on any atom is -0.744 e. The van der Waals surface area contributed by atoms with Gasteiger partial charge in [-0.3, -0.25) is 0 Å². The van der Waals surface area contributed by atoms with Crippen LogP contribution in [0.3, 0.4) is 0 Å². The van der Waals surface area contributed by atoms with Crippen molar-refractivity contribution in [1.82, 2.24) is 39.9 Å². The molecule has 0 aliphatic carbocycles. The zero-order chi connectivity index (χ0) is 39.7. The molecule has 5 heterocycles. The van der Waals surface area contributed by atoms with Crippen LogP contribution in [0.5, 0.6) is 0 Å². The summed E-state index contributed by atoms with van der Waals surface area (Å²) < 4.78 is 154. The van der Waals surface area contributed by atoms with Crippen LogP contribution in [0, 0.1) is 0 Å². The van der Waals surface area contributed by atoms with Crippen LogP contribution in [0.2, 0.25) is 0 Å². The molecule has 0 saturated carbocycles. The molecule has 0 amide bonds. The largest absolute Gasteiger partial charge is 4.00 e. The third-order valence-electron chi connectivity index (χ3n) is 8.82. The average Bonchev–Trinajstić information content (AvgIpc) is 3.84. The number of nitrogens with one attached hydrogen (secondary N) is 2. The van der Waals surface area contributed by atoms with Gasteiger partial charge in [0.25, 0.3) is 0 Å². The van der Waals surface area contributed by atoms with E-state index in [1.54, 1.807) is 60.7 Å². The number of hydrogen-bond donors (Lipinski definition) is 2. The zero-order valence-electron chi connectivity index (χ0n) is 27.5. The summed E-state index contributed by atoms with van der Waals surface area (Å²) in [4.78, 5) is 23.0. The molecule has 2 N–H and O–H groups in total. The molecule has 4 aromatic carbocycles. The summed E-state index contributed by atoms with van der Waals surface area (Å²) in [6, 6.07) is 19.6. The topological polar surface area (TPSA) is 338 Å². The molecule has 8 bridgehead atoms. The van der Waals surface area contributed by atoms with E-state index in [9.17, 15) is 51.9 Å². The number of nitrogens with zero attached hydrogens (tertiary/aromatic N) is 6. The quantitative estimate of drug-likeness (QED) is 0.239. The van der Waals surface area contributed by atoms with Crippen LogP contribution in [0.1, 0.15) is 0 Å². The molecule has 2 aliphatic heterocycles. The van der Waals surface area contributed by atoms with Crippen molar-refractivity contribution in [3.8, 4) is 45.6 Å². The Hall–Kier alpha value is -5.47. The summed E-state index contributed by atoms with van der Waals surface area (Å²) in [6.07, 6.45) is 0. The number of hydrogen-bond acceptors (Lipinski definition) is 18. The SMILES string of the molecule is O=S(=O)([O-])c1c(S(=O)(=O)[O-])c(S(=O)(=O)[O-])c2c3nc4nc(nc5[nH]c(nc6nc(nc([nH]3)c2c1S(=O)(=O)[O-])-c1ccccc1-6)c1ccccc51)-c1ccccc1-4.[Ir+4]. The van der Waals surface area contributed by atoms with Crippen molar-refractivity contribution in [2.75, 3.05) is 0 Å². The molecule has 0 atom stereocenters. The Morgan fingerprint density at radius 3 is 0.930 bits per heavy atom.